The molecule has 0 radical (unpaired) electrons. The predicted octanol–water partition coefficient (Wildman–Crippen LogP) is 4.56. The molecule has 0 aliphatic heterocycles. The van der Waals surface area contributed by atoms with Crippen LogP contribution >= 0.6 is 23.4 Å². The van der Waals surface area contributed by atoms with Gasteiger partial charge in [0.2, 0.25) is 0 Å². The van der Waals surface area contributed by atoms with Gasteiger partial charge in [-0.05, 0) is 28.8 Å². The first kappa shape index (κ1) is 14.9. The van der Waals surface area contributed by atoms with Crippen molar-refractivity contribution >= 4 is 29.3 Å². The minimum absolute atomic E-state index is 0.340. The lowest BCUT2D eigenvalue weighted by molar-refractivity contribution is 0.0697. The maximum absolute atomic E-state index is 10.9. The Labute approximate surface area is 127 Å². The molecule has 1 N–H and O–H groups in total. The Morgan fingerprint density at radius 2 is 1.60 bits per heavy atom. The number of halogens is 1. The van der Waals surface area contributed by atoms with E-state index in [-0.39, 0.29) is 0 Å². The van der Waals surface area contributed by atoms with Gasteiger partial charge < -0.3 is 5.11 Å². The third-order valence-corrected chi connectivity index (χ3v) is 4.24. The summed E-state index contributed by atoms with van der Waals surface area (Å²) < 4.78 is 0. The van der Waals surface area contributed by atoms with Crippen molar-refractivity contribution in [3.05, 3.63) is 70.8 Å². The Hall–Kier alpha value is -1.45. The number of hydrogen-bond acceptors (Lipinski definition) is 2. The number of carbonyl (C=O) groups is 1. The summed E-state index contributed by atoms with van der Waals surface area (Å²) in [4.78, 5) is 10.9. The van der Waals surface area contributed by atoms with Crippen LogP contribution in [0.2, 0.25) is 0 Å². The summed E-state index contributed by atoms with van der Waals surface area (Å²) in [5.74, 6) is 1.33. The minimum Gasteiger partial charge on any atom is -0.478 e. The second kappa shape index (κ2) is 7.36. The van der Waals surface area contributed by atoms with E-state index in [9.17, 15) is 4.79 Å². The molecule has 0 bridgehead atoms. The topological polar surface area (TPSA) is 37.3 Å². The average molecular weight is 307 g/mol. The summed E-state index contributed by atoms with van der Waals surface area (Å²) in [6.45, 7) is 0. The van der Waals surface area contributed by atoms with Gasteiger partial charge in [-0.1, -0.05) is 36.4 Å². The van der Waals surface area contributed by atoms with Crippen LogP contribution in [0.4, 0.5) is 0 Å². The first-order chi connectivity index (χ1) is 9.69. The first-order valence-corrected chi connectivity index (χ1v) is 7.91. The van der Waals surface area contributed by atoms with Gasteiger partial charge in [0.25, 0.3) is 0 Å². The summed E-state index contributed by atoms with van der Waals surface area (Å²) >= 11 is 7.58. The number of benzene rings is 2. The molecule has 0 aliphatic carbocycles. The monoisotopic (exact) mass is 306 g/mol. The minimum atomic E-state index is -0.883. The summed E-state index contributed by atoms with van der Waals surface area (Å²) in [5, 5.41) is 8.95. The Balaban J connectivity index is 1.92. The van der Waals surface area contributed by atoms with Gasteiger partial charge in [0.15, 0.2) is 0 Å². The molecule has 0 unspecified atom stereocenters. The molecule has 104 valence electrons. The molecule has 0 spiro atoms. The van der Waals surface area contributed by atoms with Crippen LogP contribution in [0.3, 0.4) is 0 Å². The number of alkyl halides is 1. The molecule has 0 saturated carbocycles. The van der Waals surface area contributed by atoms with Crippen molar-refractivity contribution in [3.63, 3.8) is 0 Å². The van der Waals surface area contributed by atoms with Gasteiger partial charge in [-0.3, -0.25) is 0 Å². The lowest BCUT2D eigenvalue weighted by atomic mass is 10.1. The summed E-state index contributed by atoms with van der Waals surface area (Å²) in [7, 11) is 0. The van der Waals surface area contributed by atoms with Gasteiger partial charge in [0.1, 0.15) is 0 Å². The van der Waals surface area contributed by atoms with Gasteiger partial charge in [-0.25, -0.2) is 4.79 Å². The third kappa shape index (κ3) is 4.29. The number of thioether (sulfide) groups is 1. The van der Waals surface area contributed by atoms with E-state index in [2.05, 4.69) is 12.1 Å². The first-order valence-electron chi connectivity index (χ1n) is 6.23. The van der Waals surface area contributed by atoms with E-state index in [1.54, 1.807) is 30.0 Å². The van der Waals surface area contributed by atoms with Gasteiger partial charge in [-0.15, -0.1) is 11.6 Å². The quantitative estimate of drug-likeness (QED) is 0.795. The second-order valence-corrected chi connectivity index (χ2v) is 5.70. The zero-order valence-corrected chi connectivity index (χ0v) is 12.5. The number of rotatable bonds is 6. The largest absolute Gasteiger partial charge is 0.478 e. The molecule has 0 amide bonds. The van der Waals surface area contributed by atoms with Crippen LogP contribution in [0.1, 0.15) is 27.0 Å². The van der Waals surface area contributed by atoms with Crippen molar-refractivity contribution in [2.75, 3.05) is 0 Å². The molecule has 2 rings (SSSR count). The van der Waals surface area contributed by atoms with Crippen molar-refractivity contribution in [1.82, 2.24) is 0 Å². The van der Waals surface area contributed by atoms with E-state index in [1.165, 1.54) is 5.56 Å². The highest BCUT2D eigenvalue weighted by Gasteiger charge is 2.03. The van der Waals surface area contributed by atoms with E-state index in [1.807, 2.05) is 18.2 Å². The van der Waals surface area contributed by atoms with Crippen molar-refractivity contribution in [3.8, 4) is 0 Å². The maximum Gasteiger partial charge on any atom is 0.335 e. The number of carboxylic acid groups (broad SMARTS) is 1. The van der Waals surface area contributed by atoms with Gasteiger partial charge >= 0.3 is 5.97 Å². The lowest BCUT2D eigenvalue weighted by Crippen LogP contribution is -1.96. The Bertz CT molecular complexity index is 599. The lowest BCUT2D eigenvalue weighted by Gasteiger charge is -2.05. The standard InChI is InChI=1S/C16H15ClO2S/c17-9-12-3-1-4-13(7-12)10-20-11-14-5-2-6-15(8-14)16(18)19/h1-8H,9-11H2,(H,18,19). The second-order valence-electron chi connectivity index (χ2n) is 4.45. The van der Waals surface area contributed by atoms with Gasteiger partial charge in [0, 0.05) is 17.4 Å². The molecule has 20 heavy (non-hydrogen) atoms. The van der Waals surface area contributed by atoms with Crippen LogP contribution in [-0.2, 0) is 17.4 Å². The van der Waals surface area contributed by atoms with E-state index in [0.717, 1.165) is 22.6 Å². The van der Waals surface area contributed by atoms with Crippen LogP contribution in [0.5, 0.6) is 0 Å². The molecule has 2 aromatic rings. The fourth-order valence-corrected chi connectivity index (χ4v) is 2.98. The Kier molecular flexibility index (Phi) is 5.50. The molecule has 0 aromatic heterocycles. The van der Waals surface area contributed by atoms with Crippen molar-refractivity contribution in [2.45, 2.75) is 17.4 Å². The smallest absolute Gasteiger partial charge is 0.335 e. The molecule has 0 heterocycles. The third-order valence-electron chi connectivity index (χ3n) is 2.86. The van der Waals surface area contributed by atoms with E-state index >= 15 is 0 Å². The zero-order chi connectivity index (χ0) is 14.4. The molecule has 0 fully saturated rings. The maximum atomic E-state index is 10.9. The normalized spacial score (nSPS) is 10.4. The van der Waals surface area contributed by atoms with E-state index < -0.39 is 5.97 Å². The van der Waals surface area contributed by atoms with E-state index in [4.69, 9.17) is 16.7 Å². The van der Waals surface area contributed by atoms with Crippen molar-refractivity contribution < 1.29 is 9.90 Å². The Morgan fingerprint density at radius 3 is 2.25 bits per heavy atom. The molecular formula is C16H15ClO2S. The predicted molar refractivity (Wildman–Crippen MR) is 84.4 cm³/mol. The van der Waals surface area contributed by atoms with Crippen LogP contribution < -0.4 is 0 Å². The van der Waals surface area contributed by atoms with Gasteiger partial charge in [0.05, 0.1) is 5.56 Å². The summed E-state index contributed by atoms with van der Waals surface area (Å²) in [6.07, 6.45) is 0. The molecule has 4 heteroatoms. The molecule has 0 atom stereocenters. The number of carboxylic acids is 1. The highest BCUT2D eigenvalue weighted by molar-refractivity contribution is 7.97. The molecule has 2 nitrogen and oxygen atoms in total. The van der Waals surface area contributed by atoms with Crippen LogP contribution in [0.25, 0.3) is 0 Å². The Morgan fingerprint density at radius 1 is 1.00 bits per heavy atom. The summed E-state index contributed by atoms with van der Waals surface area (Å²) in [6, 6.07) is 15.3. The highest BCUT2D eigenvalue weighted by Crippen LogP contribution is 2.19. The average Bonchev–Trinajstić information content (AvgIpc) is 2.48. The van der Waals surface area contributed by atoms with Crippen LogP contribution in [0.15, 0.2) is 48.5 Å². The number of aromatic carboxylic acids is 1. The fourth-order valence-electron chi connectivity index (χ4n) is 1.88. The molecule has 0 saturated heterocycles. The van der Waals surface area contributed by atoms with Crippen LogP contribution in [0, 0.1) is 0 Å². The zero-order valence-electron chi connectivity index (χ0n) is 10.9. The van der Waals surface area contributed by atoms with Crippen molar-refractivity contribution in [2.24, 2.45) is 0 Å². The van der Waals surface area contributed by atoms with E-state index in [0.29, 0.717) is 11.4 Å². The molecule has 2 aromatic carbocycles. The summed E-state index contributed by atoms with van der Waals surface area (Å²) in [5.41, 5.74) is 3.73. The number of hydrogen-bond donors (Lipinski definition) is 1. The molecule has 0 aliphatic rings. The fraction of sp³-hybridized carbons (Fsp3) is 0.188. The van der Waals surface area contributed by atoms with Crippen molar-refractivity contribution in [1.29, 1.82) is 0 Å². The van der Waals surface area contributed by atoms with Gasteiger partial charge in [-0.2, -0.15) is 11.8 Å². The van der Waals surface area contributed by atoms with Crippen LogP contribution in [-0.4, -0.2) is 11.1 Å². The molecular weight excluding hydrogens is 292 g/mol. The SMILES string of the molecule is O=C(O)c1cccc(CSCc2cccc(CCl)c2)c1. The highest BCUT2D eigenvalue weighted by atomic mass is 35.5.